The lowest BCUT2D eigenvalue weighted by atomic mass is 10.0. The highest BCUT2D eigenvalue weighted by molar-refractivity contribution is 6.18. The van der Waals surface area contributed by atoms with Crippen molar-refractivity contribution in [3.8, 4) is 0 Å². The summed E-state index contributed by atoms with van der Waals surface area (Å²) < 4.78 is 0. The molecule has 1 fully saturated rings. The van der Waals surface area contributed by atoms with Crippen LogP contribution in [0.2, 0.25) is 0 Å². The normalized spacial score (nSPS) is 19.9. The van der Waals surface area contributed by atoms with Gasteiger partial charge in [0.2, 0.25) is 5.91 Å². The first-order chi connectivity index (χ1) is 8.70. The third kappa shape index (κ3) is 3.26. The summed E-state index contributed by atoms with van der Waals surface area (Å²) >= 11 is 5.95. The molecule has 2 nitrogen and oxygen atoms in total. The number of alkyl halides is 1. The average Bonchev–Trinajstić information content (AvgIpc) is 2.41. The Bertz CT molecular complexity index is 401. The molecule has 1 unspecified atom stereocenters. The summed E-state index contributed by atoms with van der Waals surface area (Å²) in [6.07, 6.45) is 3.83. The van der Waals surface area contributed by atoms with E-state index in [1.54, 1.807) is 0 Å². The van der Waals surface area contributed by atoms with E-state index in [-0.39, 0.29) is 11.9 Å². The van der Waals surface area contributed by atoms with Gasteiger partial charge < -0.3 is 4.90 Å². The maximum atomic E-state index is 12.3. The van der Waals surface area contributed by atoms with Crippen LogP contribution >= 0.6 is 11.6 Å². The standard InChI is InChI=1S/C15H20ClNO/c1-12-5-7-13(8-6-12)10-15(18)17-9-3-2-4-14(17)11-16/h5-8,14H,2-4,9-11H2,1H3. The lowest BCUT2D eigenvalue weighted by Crippen LogP contribution is -2.45. The van der Waals surface area contributed by atoms with E-state index in [0.29, 0.717) is 12.3 Å². The molecule has 2 rings (SSSR count). The number of hydrogen-bond acceptors (Lipinski definition) is 1. The van der Waals surface area contributed by atoms with Gasteiger partial charge in [0.05, 0.1) is 6.42 Å². The van der Waals surface area contributed by atoms with E-state index in [2.05, 4.69) is 19.1 Å². The number of hydrogen-bond donors (Lipinski definition) is 0. The summed E-state index contributed by atoms with van der Waals surface area (Å²) in [6, 6.07) is 8.41. The Balaban J connectivity index is 2.00. The molecule has 1 saturated heterocycles. The van der Waals surface area contributed by atoms with Crippen molar-refractivity contribution in [2.75, 3.05) is 12.4 Å². The fourth-order valence-corrected chi connectivity index (χ4v) is 2.79. The van der Waals surface area contributed by atoms with E-state index in [9.17, 15) is 4.79 Å². The van der Waals surface area contributed by atoms with Gasteiger partial charge in [-0.2, -0.15) is 0 Å². The van der Waals surface area contributed by atoms with Crippen LogP contribution in [-0.4, -0.2) is 29.3 Å². The van der Waals surface area contributed by atoms with Gasteiger partial charge in [0, 0.05) is 18.5 Å². The summed E-state index contributed by atoms with van der Waals surface area (Å²) in [5.74, 6) is 0.767. The van der Waals surface area contributed by atoms with Gasteiger partial charge in [-0.3, -0.25) is 4.79 Å². The van der Waals surface area contributed by atoms with Crippen molar-refractivity contribution in [3.63, 3.8) is 0 Å². The third-order valence-corrected chi connectivity index (χ3v) is 3.96. The van der Waals surface area contributed by atoms with Crippen LogP contribution in [0, 0.1) is 6.92 Å². The van der Waals surface area contributed by atoms with Gasteiger partial charge in [0.1, 0.15) is 0 Å². The second kappa shape index (κ2) is 6.24. The summed E-state index contributed by atoms with van der Waals surface area (Å²) in [4.78, 5) is 14.3. The van der Waals surface area contributed by atoms with Gasteiger partial charge in [-0.1, -0.05) is 29.8 Å². The van der Waals surface area contributed by atoms with Crippen LogP contribution in [0.4, 0.5) is 0 Å². The highest BCUT2D eigenvalue weighted by Crippen LogP contribution is 2.19. The molecule has 0 spiro atoms. The Morgan fingerprint density at radius 3 is 2.72 bits per heavy atom. The minimum absolute atomic E-state index is 0.212. The largest absolute Gasteiger partial charge is 0.338 e. The maximum Gasteiger partial charge on any atom is 0.227 e. The first-order valence-corrected chi connectivity index (χ1v) is 7.15. The number of halogens is 1. The second-order valence-electron chi connectivity index (χ2n) is 5.05. The topological polar surface area (TPSA) is 20.3 Å². The molecule has 1 aromatic carbocycles. The van der Waals surface area contributed by atoms with Crippen LogP contribution in [0.25, 0.3) is 0 Å². The monoisotopic (exact) mass is 265 g/mol. The van der Waals surface area contributed by atoms with Crippen molar-refractivity contribution in [2.45, 2.75) is 38.6 Å². The van der Waals surface area contributed by atoms with Gasteiger partial charge in [-0.15, -0.1) is 11.6 Å². The molecule has 0 aliphatic carbocycles. The lowest BCUT2D eigenvalue weighted by molar-refractivity contribution is -0.133. The number of carbonyl (C=O) groups is 1. The quantitative estimate of drug-likeness (QED) is 0.769. The summed E-state index contributed by atoms with van der Waals surface area (Å²) in [5, 5.41) is 0. The van der Waals surface area contributed by atoms with Crippen LogP contribution < -0.4 is 0 Å². The Hall–Kier alpha value is -1.02. The SMILES string of the molecule is Cc1ccc(CC(=O)N2CCCCC2CCl)cc1. The van der Waals surface area contributed by atoms with Crippen molar-refractivity contribution in [1.29, 1.82) is 0 Å². The van der Waals surface area contributed by atoms with Crippen LogP contribution in [-0.2, 0) is 11.2 Å². The number of amides is 1. The van der Waals surface area contributed by atoms with E-state index < -0.39 is 0 Å². The summed E-state index contributed by atoms with van der Waals surface area (Å²) in [5.41, 5.74) is 2.31. The first kappa shape index (κ1) is 13.4. The van der Waals surface area contributed by atoms with Gasteiger partial charge in [-0.05, 0) is 31.7 Å². The number of nitrogens with zero attached hydrogens (tertiary/aromatic N) is 1. The second-order valence-corrected chi connectivity index (χ2v) is 5.36. The van der Waals surface area contributed by atoms with Crippen LogP contribution in [0.15, 0.2) is 24.3 Å². The predicted octanol–water partition coefficient (Wildman–Crippen LogP) is 3.16. The van der Waals surface area contributed by atoms with Crippen LogP contribution in [0.3, 0.4) is 0 Å². The summed E-state index contributed by atoms with van der Waals surface area (Å²) in [6.45, 7) is 2.92. The molecule has 0 aromatic heterocycles. The molecule has 0 bridgehead atoms. The van der Waals surface area contributed by atoms with Crippen molar-refractivity contribution < 1.29 is 4.79 Å². The minimum Gasteiger partial charge on any atom is -0.338 e. The van der Waals surface area contributed by atoms with Crippen LogP contribution in [0.1, 0.15) is 30.4 Å². The van der Waals surface area contributed by atoms with Crippen molar-refractivity contribution in [1.82, 2.24) is 4.90 Å². The molecule has 98 valence electrons. The molecular weight excluding hydrogens is 246 g/mol. The predicted molar refractivity (Wildman–Crippen MR) is 75.0 cm³/mol. The minimum atomic E-state index is 0.212. The fraction of sp³-hybridized carbons (Fsp3) is 0.533. The number of carbonyl (C=O) groups excluding carboxylic acids is 1. The molecule has 1 heterocycles. The van der Waals surface area contributed by atoms with Crippen molar-refractivity contribution >= 4 is 17.5 Å². The van der Waals surface area contributed by atoms with Crippen molar-refractivity contribution in [3.05, 3.63) is 35.4 Å². The molecule has 1 aliphatic rings. The fourth-order valence-electron chi connectivity index (χ4n) is 2.47. The number of aryl methyl sites for hydroxylation is 1. The maximum absolute atomic E-state index is 12.3. The van der Waals surface area contributed by atoms with Gasteiger partial charge in [-0.25, -0.2) is 0 Å². The Labute approximate surface area is 114 Å². The Kier molecular flexibility index (Phi) is 4.65. The zero-order chi connectivity index (χ0) is 13.0. The molecular formula is C15H20ClNO. The third-order valence-electron chi connectivity index (χ3n) is 3.60. The zero-order valence-electron chi connectivity index (χ0n) is 10.9. The lowest BCUT2D eigenvalue weighted by Gasteiger charge is -2.34. The van der Waals surface area contributed by atoms with Gasteiger partial charge in [0.15, 0.2) is 0 Å². The molecule has 1 aromatic rings. The van der Waals surface area contributed by atoms with Gasteiger partial charge >= 0.3 is 0 Å². The Morgan fingerprint density at radius 1 is 1.33 bits per heavy atom. The summed E-state index contributed by atoms with van der Waals surface area (Å²) in [7, 11) is 0. The van der Waals surface area contributed by atoms with Crippen LogP contribution in [0.5, 0.6) is 0 Å². The van der Waals surface area contributed by atoms with E-state index in [4.69, 9.17) is 11.6 Å². The molecule has 1 atom stereocenters. The first-order valence-electron chi connectivity index (χ1n) is 6.61. The molecule has 0 saturated carbocycles. The molecule has 18 heavy (non-hydrogen) atoms. The average molecular weight is 266 g/mol. The smallest absolute Gasteiger partial charge is 0.227 e. The Morgan fingerprint density at radius 2 is 2.06 bits per heavy atom. The molecule has 1 aliphatic heterocycles. The van der Waals surface area contributed by atoms with E-state index in [1.807, 2.05) is 17.0 Å². The van der Waals surface area contributed by atoms with Crippen molar-refractivity contribution in [2.24, 2.45) is 0 Å². The molecule has 0 radical (unpaired) electrons. The number of rotatable bonds is 3. The number of benzene rings is 1. The number of likely N-dealkylation sites (tertiary alicyclic amines) is 1. The molecule has 0 N–H and O–H groups in total. The number of piperidine rings is 1. The molecule has 1 amide bonds. The zero-order valence-corrected chi connectivity index (χ0v) is 11.6. The molecule has 3 heteroatoms. The highest BCUT2D eigenvalue weighted by atomic mass is 35.5. The van der Waals surface area contributed by atoms with E-state index in [1.165, 1.54) is 12.0 Å². The highest BCUT2D eigenvalue weighted by Gasteiger charge is 2.25. The van der Waals surface area contributed by atoms with E-state index in [0.717, 1.165) is 24.9 Å². The van der Waals surface area contributed by atoms with Gasteiger partial charge in [0.25, 0.3) is 0 Å². The van der Waals surface area contributed by atoms with E-state index >= 15 is 0 Å².